The monoisotopic (exact) mass is 498 g/mol. The summed E-state index contributed by atoms with van der Waals surface area (Å²) in [5, 5.41) is 4.05. The quantitative estimate of drug-likeness (QED) is 0.268. The third kappa shape index (κ3) is 8.61. The van der Waals surface area contributed by atoms with Crippen molar-refractivity contribution in [3.05, 3.63) is 82.7 Å². The summed E-state index contributed by atoms with van der Waals surface area (Å²) in [6.45, 7) is 10.5. The van der Waals surface area contributed by atoms with Crippen molar-refractivity contribution in [1.29, 1.82) is 0 Å². The fraction of sp³-hybridized carbons (Fsp3) is 0.438. The topological polar surface area (TPSA) is 55.6 Å². The predicted molar refractivity (Wildman–Crippen MR) is 147 cm³/mol. The Morgan fingerprint density at radius 1 is 0.946 bits per heavy atom. The van der Waals surface area contributed by atoms with E-state index in [0.29, 0.717) is 12.1 Å². The van der Waals surface area contributed by atoms with Gasteiger partial charge in [-0.2, -0.15) is 0 Å². The molecule has 5 heteroatoms. The van der Waals surface area contributed by atoms with Gasteiger partial charge in [0, 0.05) is 35.6 Å². The number of hydrogen-bond donors (Lipinski definition) is 0. The number of aromatic nitrogens is 1. The third-order valence-corrected chi connectivity index (χ3v) is 6.57. The lowest BCUT2D eigenvalue weighted by Crippen LogP contribution is -2.31. The highest BCUT2D eigenvalue weighted by Gasteiger charge is 2.20. The van der Waals surface area contributed by atoms with Gasteiger partial charge in [-0.3, -0.25) is 4.79 Å². The molecule has 37 heavy (non-hydrogen) atoms. The highest BCUT2D eigenvalue weighted by atomic mass is 16.5. The Labute approximate surface area is 221 Å². The predicted octanol–water partition coefficient (Wildman–Crippen LogP) is 5.98. The molecule has 0 saturated carbocycles. The first-order valence-electron chi connectivity index (χ1n) is 13.4. The molecule has 0 spiro atoms. The summed E-state index contributed by atoms with van der Waals surface area (Å²) in [6.07, 6.45) is 5.73. The Balaban J connectivity index is 1.21. The van der Waals surface area contributed by atoms with Crippen molar-refractivity contribution < 1.29 is 14.1 Å². The molecule has 4 rings (SSSR count). The van der Waals surface area contributed by atoms with Crippen molar-refractivity contribution in [2.24, 2.45) is 0 Å². The number of carbonyl (C=O) groups excluding carboxylic acids is 1. The molecular formula is C32H38N2O3. The van der Waals surface area contributed by atoms with Crippen molar-refractivity contribution in [3.8, 4) is 17.6 Å². The second-order valence-corrected chi connectivity index (χ2v) is 10.9. The Morgan fingerprint density at radius 3 is 2.22 bits per heavy atom. The molecule has 1 fully saturated rings. The molecule has 1 aliphatic heterocycles. The molecule has 0 bridgehead atoms. The van der Waals surface area contributed by atoms with E-state index in [-0.39, 0.29) is 17.6 Å². The maximum atomic E-state index is 12.5. The van der Waals surface area contributed by atoms with Crippen LogP contribution in [0.5, 0.6) is 5.75 Å². The summed E-state index contributed by atoms with van der Waals surface area (Å²) in [5.41, 5.74) is 3.40. The van der Waals surface area contributed by atoms with E-state index < -0.39 is 0 Å². The van der Waals surface area contributed by atoms with E-state index >= 15 is 0 Å². The fourth-order valence-electron chi connectivity index (χ4n) is 4.39. The van der Waals surface area contributed by atoms with Crippen LogP contribution in [0.4, 0.5) is 0 Å². The van der Waals surface area contributed by atoms with E-state index in [2.05, 4.69) is 42.7 Å². The number of hydrogen-bond acceptors (Lipinski definition) is 5. The Morgan fingerprint density at radius 2 is 1.59 bits per heavy atom. The number of benzene rings is 2. The number of likely N-dealkylation sites (tertiary alicyclic amines) is 1. The van der Waals surface area contributed by atoms with Crippen molar-refractivity contribution in [2.75, 3.05) is 26.2 Å². The van der Waals surface area contributed by atoms with Crippen LogP contribution >= 0.6 is 0 Å². The molecule has 0 atom stereocenters. The lowest BCUT2D eigenvalue weighted by molar-refractivity contribution is -0.117. The number of nitrogens with zero attached hydrogens (tertiary/aromatic N) is 2. The van der Waals surface area contributed by atoms with E-state index in [1.165, 1.54) is 32.4 Å². The minimum absolute atomic E-state index is 0.112. The largest absolute Gasteiger partial charge is 0.494 e. The summed E-state index contributed by atoms with van der Waals surface area (Å²) in [6, 6.07) is 17.7. The summed E-state index contributed by atoms with van der Waals surface area (Å²) < 4.78 is 11.3. The lowest BCUT2D eigenvalue weighted by Gasteiger charge is -2.26. The molecule has 1 aliphatic rings. The van der Waals surface area contributed by atoms with Crippen LogP contribution in [0.15, 0.2) is 59.1 Å². The van der Waals surface area contributed by atoms with Crippen LogP contribution in [0.3, 0.4) is 0 Å². The first-order chi connectivity index (χ1) is 17.8. The molecule has 0 amide bonds. The Bertz CT molecular complexity index is 1200. The second-order valence-electron chi connectivity index (χ2n) is 10.9. The highest BCUT2D eigenvalue weighted by Crippen LogP contribution is 2.23. The van der Waals surface area contributed by atoms with Crippen LogP contribution in [-0.4, -0.2) is 42.1 Å². The first-order valence-corrected chi connectivity index (χ1v) is 13.4. The summed E-state index contributed by atoms with van der Waals surface area (Å²) in [4.78, 5) is 15.0. The summed E-state index contributed by atoms with van der Waals surface area (Å²) in [5.74, 6) is 8.21. The average Bonchev–Trinajstić information content (AvgIpc) is 3.37. The average molecular weight is 499 g/mol. The number of Topliss-reactive ketones (excluding diaryl/α,β-unsaturated/α-hetero) is 1. The van der Waals surface area contributed by atoms with E-state index in [1.54, 1.807) is 0 Å². The molecule has 2 heterocycles. The lowest BCUT2D eigenvalue weighted by atomic mass is 9.93. The third-order valence-electron chi connectivity index (χ3n) is 6.57. The number of carbonyl (C=O) groups is 1. The van der Waals surface area contributed by atoms with Crippen molar-refractivity contribution >= 4 is 5.78 Å². The van der Waals surface area contributed by atoms with Crippen molar-refractivity contribution in [3.63, 3.8) is 0 Å². The van der Waals surface area contributed by atoms with Gasteiger partial charge in [0.25, 0.3) is 0 Å². The molecule has 0 unspecified atom stereocenters. The number of rotatable bonds is 9. The normalized spacial score (nSPS) is 14.1. The molecular weight excluding hydrogens is 460 g/mol. The van der Waals surface area contributed by atoms with Gasteiger partial charge in [-0.1, -0.05) is 56.3 Å². The van der Waals surface area contributed by atoms with Crippen LogP contribution in [0.1, 0.15) is 74.6 Å². The maximum Gasteiger partial charge on any atom is 0.143 e. The number of piperidine rings is 1. The summed E-state index contributed by atoms with van der Waals surface area (Å²) in [7, 11) is 0. The van der Waals surface area contributed by atoms with Gasteiger partial charge in [0.1, 0.15) is 17.3 Å². The van der Waals surface area contributed by atoms with Crippen LogP contribution in [0.2, 0.25) is 0 Å². The van der Waals surface area contributed by atoms with Crippen LogP contribution in [0, 0.1) is 11.8 Å². The van der Waals surface area contributed by atoms with Gasteiger partial charge < -0.3 is 14.2 Å². The van der Waals surface area contributed by atoms with Crippen molar-refractivity contribution in [2.45, 2.75) is 64.7 Å². The van der Waals surface area contributed by atoms with Crippen LogP contribution in [-0.2, 0) is 23.1 Å². The molecule has 1 saturated heterocycles. The Hall–Kier alpha value is -3.36. The van der Waals surface area contributed by atoms with Crippen LogP contribution < -0.4 is 4.74 Å². The fourth-order valence-corrected chi connectivity index (χ4v) is 4.39. The smallest absolute Gasteiger partial charge is 0.143 e. The molecule has 0 radical (unpaired) electrons. The van der Waals surface area contributed by atoms with E-state index in [9.17, 15) is 4.79 Å². The zero-order chi connectivity index (χ0) is 26.1. The van der Waals surface area contributed by atoms with Gasteiger partial charge in [-0.25, -0.2) is 0 Å². The van der Waals surface area contributed by atoms with Gasteiger partial charge in [0.15, 0.2) is 0 Å². The number of ether oxygens (including phenoxy) is 1. The van der Waals surface area contributed by atoms with E-state index in [1.807, 2.05) is 54.6 Å². The highest BCUT2D eigenvalue weighted by molar-refractivity contribution is 5.82. The second kappa shape index (κ2) is 12.7. The molecule has 194 valence electrons. The zero-order valence-corrected chi connectivity index (χ0v) is 22.4. The first kappa shape index (κ1) is 26.7. The minimum atomic E-state index is -0.118. The van der Waals surface area contributed by atoms with Crippen molar-refractivity contribution in [1.82, 2.24) is 10.1 Å². The Kier molecular flexibility index (Phi) is 9.19. The summed E-state index contributed by atoms with van der Waals surface area (Å²) >= 11 is 0. The van der Waals surface area contributed by atoms with E-state index in [4.69, 9.17) is 9.26 Å². The van der Waals surface area contributed by atoms with Gasteiger partial charge in [0.2, 0.25) is 0 Å². The van der Waals surface area contributed by atoms with Crippen LogP contribution in [0.25, 0.3) is 0 Å². The molecule has 3 aromatic rings. The SMILES string of the molecule is CC(C)(C)c1cc(CC(=O)Cc2ccc(C#Cc3ccc(OCCCN4CCCCC4)cc3)cc2)no1. The zero-order valence-electron chi connectivity index (χ0n) is 22.4. The standard InChI is InChI=1S/C32H38N2O3/c1-32(2,3)31-24-28(33-37-31)23-29(35)22-27-12-10-25(11-13-27)8-9-26-14-16-30(17-15-26)36-21-7-20-34-18-5-4-6-19-34/h10-17,24H,4-7,18-23H2,1-3H3. The van der Waals surface area contributed by atoms with Gasteiger partial charge in [-0.15, -0.1) is 0 Å². The van der Waals surface area contributed by atoms with Gasteiger partial charge in [-0.05, 0) is 74.3 Å². The minimum Gasteiger partial charge on any atom is -0.494 e. The molecule has 0 N–H and O–H groups in total. The van der Waals surface area contributed by atoms with E-state index in [0.717, 1.165) is 47.8 Å². The molecule has 0 aliphatic carbocycles. The molecule has 5 nitrogen and oxygen atoms in total. The number of ketones is 1. The maximum absolute atomic E-state index is 12.5. The molecule has 2 aromatic carbocycles. The van der Waals surface area contributed by atoms with Gasteiger partial charge >= 0.3 is 0 Å². The van der Waals surface area contributed by atoms with Gasteiger partial charge in [0.05, 0.1) is 18.7 Å². The molecule has 1 aromatic heterocycles.